The minimum Gasteiger partial charge on any atom is -0.331 e. The maximum Gasteiger partial charge on any atom is 0.317 e. The molecular formula is C19H30N2O. The van der Waals surface area contributed by atoms with Gasteiger partial charge in [0.25, 0.3) is 0 Å². The number of nitrogens with zero attached hydrogens (tertiary/aromatic N) is 1. The molecule has 3 heteroatoms. The third-order valence-electron chi connectivity index (χ3n) is 4.68. The van der Waals surface area contributed by atoms with Crippen LogP contribution in [0.5, 0.6) is 0 Å². The van der Waals surface area contributed by atoms with Crippen LogP contribution >= 0.6 is 0 Å². The van der Waals surface area contributed by atoms with Crippen LogP contribution in [0, 0.1) is 5.92 Å². The fraction of sp³-hybridized carbons (Fsp3) is 0.632. The van der Waals surface area contributed by atoms with E-state index in [9.17, 15) is 4.79 Å². The van der Waals surface area contributed by atoms with Gasteiger partial charge in [-0.1, -0.05) is 62.9 Å². The Kier molecular flexibility index (Phi) is 6.75. The van der Waals surface area contributed by atoms with E-state index in [-0.39, 0.29) is 12.1 Å². The molecule has 22 heavy (non-hydrogen) atoms. The molecule has 1 fully saturated rings. The van der Waals surface area contributed by atoms with Crippen molar-refractivity contribution in [2.45, 2.75) is 57.9 Å². The molecule has 3 nitrogen and oxygen atoms in total. The highest BCUT2D eigenvalue weighted by Gasteiger charge is 2.20. The number of urea groups is 1. The normalized spacial score (nSPS) is 17.0. The fourth-order valence-electron chi connectivity index (χ4n) is 3.40. The topological polar surface area (TPSA) is 32.3 Å². The van der Waals surface area contributed by atoms with Gasteiger partial charge in [0, 0.05) is 13.6 Å². The maximum atomic E-state index is 12.5. The number of nitrogens with one attached hydrogen (secondary N) is 1. The van der Waals surface area contributed by atoms with Gasteiger partial charge in [0.05, 0.1) is 6.04 Å². The highest BCUT2D eigenvalue weighted by Crippen LogP contribution is 2.24. The average Bonchev–Trinajstić information content (AvgIpc) is 2.56. The summed E-state index contributed by atoms with van der Waals surface area (Å²) >= 11 is 0. The van der Waals surface area contributed by atoms with Crippen LogP contribution < -0.4 is 5.32 Å². The van der Waals surface area contributed by atoms with Gasteiger partial charge in [-0.3, -0.25) is 0 Å². The molecule has 0 aliphatic heterocycles. The molecule has 2 amide bonds. The molecule has 0 spiro atoms. The van der Waals surface area contributed by atoms with E-state index in [4.69, 9.17) is 0 Å². The molecule has 1 aliphatic rings. The van der Waals surface area contributed by atoms with Gasteiger partial charge in [-0.05, 0) is 30.7 Å². The predicted octanol–water partition coefficient (Wildman–Crippen LogP) is 4.75. The molecule has 122 valence electrons. The second-order valence-corrected chi connectivity index (χ2v) is 6.59. The first kappa shape index (κ1) is 16.9. The molecule has 0 aromatic heterocycles. The molecular weight excluding hydrogens is 272 g/mol. The molecule has 0 bridgehead atoms. The smallest absolute Gasteiger partial charge is 0.317 e. The Morgan fingerprint density at radius 2 is 1.91 bits per heavy atom. The molecule has 1 unspecified atom stereocenters. The molecule has 0 saturated heterocycles. The fourth-order valence-corrected chi connectivity index (χ4v) is 3.40. The standard InChI is InChI=1S/C19H30N2O/c1-3-10-18(17-13-8-5-9-14-17)20-19(22)21(2)15-16-11-6-4-7-12-16/h5,8-9,13-14,16,18H,3-4,6-7,10-12,15H2,1-2H3,(H,20,22). The van der Waals surface area contributed by atoms with Crippen molar-refractivity contribution >= 4 is 6.03 Å². The van der Waals surface area contributed by atoms with Crippen LogP contribution in [-0.2, 0) is 0 Å². The van der Waals surface area contributed by atoms with E-state index in [2.05, 4.69) is 24.4 Å². The number of hydrogen-bond acceptors (Lipinski definition) is 1. The van der Waals surface area contributed by atoms with Crippen LogP contribution in [0.15, 0.2) is 30.3 Å². The number of benzene rings is 1. The Hall–Kier alpha value is -1.51. The largest absolute Gasteiger partial charge is 0.331 e. The lowest BCUT2D eigenvalue weighted by Gasteiger charge is -2.29. The second kappa shape index (κ2) is 8.82. The molecule has 2 rings (SSSR count). The number of carbonyl (C=O) groups excluding carboxylic acids is 1. The number of rotatable bonds is 6. The second-order valence-electron chi connectivity index (χ2n) is 6.59. The first-order chi connectivity index (χ1) is 10.7. The summed E-state index contributed by atoms with van der Waals surface area (Å²) in [5.74, 6) is 0.686. The first-order valence-corrected chi connectivity index (χ1v) is 8.77. The molecule has 1 aliphatic carbocycles. The van der Waals surface area contributed by atoms with E-state index in [1.54, 1.807) is 0 Å². The summed E-state index contributed by atoms with van der Waals surface area (Å²) in [6.07, 6.45) is 8.59. The molecule has 1 saturated carbocycles. The monoisotopic (exact) mass is 302 g/mol. The van der Waals surface area contributed by atoms with E-state index in [1.807, 2.05) is 30.1 Å². The van der Waals surface area contributed by atoms with E-state index < -0.39 is 0 Å². The Morgan fingerprint density at radius 3 is 2.55 bits per heavy atom. The van der Waals surface area contributed by atoms with Crippen molar-refractivity contribution in [1.29, 1.82) is 0 Å². The molecule has 0 heterocycles. The van der Waals surface area contributed by atoms with Crippen molar-refractivity contribution in [2.24, 2.45) is 5.92 Å². The summed E-state index contributed by atoms with van der Waals surface area (Å²) in [7, 11) is 1.93. The lowest BCUT2D eigenvalue weighted by molar-refractivity contribution is 0.188. The molecule has 1 aromatic rings. The summed E-state index contributed by atoms with van der Waals surface area (Å²) in [5, 5.41) is 3.21. The van der Waals surface area contributed by atoms with E-state index >= 15 is 0 Å². The average molecular weight is 302 g/mol. The van der Waals surface area contributed by atoms with Gasteiger partial charge in [-0.2, -0.15) is 0 Å². The minimum absolute atomic E-state index is 0.0628. The summed E-state index contributed by atoms with van der Waals surface area (Å²) in [6.45, 7) is 3.05. The van der Waals surface area contributed by atoms with Gasteiger partial charge < -0.3 is 10.2 Å². The van der Waals surface area contributed by atoms with Gasteiger partial charge in [0.15, 0.2) is 0 Å². The van der Waals surface area contributed by atoms with Crippen LogP contribution in [0.1, 0.15) is 63.5 Å². The predicted molar refractivity (Wildman–Crippen MR) is 91.8 cm³/mol. The van der Waals surface area contributed by atoms with Crippen molar-refractivity contribution in [3.05, 3.63) is 35.9 Å². The summed E-state index contributed by atoms with van der Waals surface area (Å²) < 4.78 is 0. The van der Waals surface area contributed by atoms with Crippen molar-refractivity contribution < 1.29 is 4.79 Å². The lowest BCUT2D eigenvalue weighted by atomic mass is 9.89. The van der Waals surface area contributed by atoms with E-state index in [0.717, 1.165) is 19.4 Å². The van der Waals surface area contributed by atoms with Gasteiger partial charge in [-0.25, -0.2) is 4.79 Å². The molecule has 1 N–H and O–H groups in total. The Morgan fingerprint density at radius 1 is 1.23 bits per heavy atom. The third-order valence-corrected chi connectivity index (χ3v) is 4.68. The molecule has 1 atom stereocenters. The summed E-state index contributed by atoms with van der Waals surface area (Å²) in [6, 6.07) is 10.5. The van der Waals surface area contributed by atoms with Crippen molar-refractivity contribution in [1.82, 2.24) is 10.2 Å². The highest BCUT2D eigenvalue weighted by atomic mass is 16.2. The molecule has 1 aromatic carbocycles. The Labute approximate surface area is 135 Å². The zero-order valence-corrected chi connectivity index (χ0v) is 14.1. The quantitative estimate of drug-likeness (QED) is 0.808. The van der Waals surface area contributed by atoms with Crippen LogP contribution in [0.3, 0.4) is 0 Å². The lowest BCUT2D eigenvalue weighted by Crippen LogP contribution is -2.41. The number of carbonyl (C=O) groups is 1. The van der Waals surface area contributed by atoms with E-state index in [0.29, 0.717) is 5.92 Å². The number of amides is 2. The Balaban J connectivity index is 1.89. The van der Waals surface area contributed by atoms with Gasteiger partial charge in [-0.15, -0.1) is 0 Å². The van der Waals surface area contributed by atoms with Crippen LogP contribution in [0.2, 0.25) is 0 Å². The van der Waals surface area contributed by atoms with Crippen LogP contribution in [0.4, 0.5) is 4.79 Å². The van der Waals surface area contributed by atoms with Crippen molar-refractivity contribution in [3.63, 3.8) is 0 Å². The first-order valence-electron chi connectivity index (χ1n) is 8.77. The van der Waals surface area contributed by atoms with Crippen molar-refractivity contribution in [3.8, 4) is 0 Å². The van der Waals surface area contributed by atoms with E-state index in [1.165, 1.54) is 37.7 Å². The number of hydrogen-bond donors (Lipinski definition) is 1. The van der Waals surface area contributed by atoms with Gasteiger partial charge in [0.1, 0.15) is 0 Å². The zero-order valence-electron chi connectivity index (χ0n) is 14.1. The highest BCUT2D eigenvalue weighted by molar-refractivity contribution is 5.74. The van der Waals surface area contributed by atoms with Crippen LogP contribution in [0.25, 0.3) is 0 Å². The van der Waals surface area contributed by atoms with Crippen LogP contribution in [-0.4, -0.2) is 24.5 Å². The summed E-state index contributed by atoms with van der Waals surface area (Å²) in [4.78, 5) is 14.4. The van der Waals surface area contributed by atoms with Gasteiger partial charge in [0.2, 0.25) is 0 Å². The Bertz CT molecular complexity index is 440. The maximum absolute atomic E-state index is 12.5. The molecule has 0 radical (unpaired) electrons. The minimum atomic E-state index is 0.0628. The van der Waals surface area contributed by atoms with Crippen molar-refractivity contribution in [2.75, 3.05) is 13.6 Å². The van der Waals surface area contributed by atoms with Gasteiger partial charge >= 0.3 is 6.03 Å². The third kappa shape index (κ3) is 5.04. The zero-order chi connectivity index (χ0) is 15.8. The SMILES string of the molecule is CCCC(NC(=O)N(C)CC1CCCCC1)c1ccccc1. The summed E-state index contributed by atoms with van der Waals surface area (Å²) in [5.41, 5.74) is 1.20.